The minimum Gasteiger partial charge on any atom is -0.456 e. The Morgan fingerprint density at radius 3 is 2.27 bits per heavy atom. The molecule has 33 heavy (non-hydrogen) atoms. The van der Waals surface area contributed by atoms with Gasteiger partial charge in [0.2, 0.25) is 5.91 Å². The Morgan fingerprint density at radius 1 is 0.879 bits per heavy atom. The van der Waals surface area contributed by atoms with Gasteiger partial charge in [0.05, 0.1) is 10.5 Å². The van der Waals surface area contributed by atoms with Crippen LogP contribution < -0.4 is 14.8 Å². The summed E-state index contributed by atoms with van der Waals surface area (Å²) in [5.41, 5.74) is 0.957. The fraction of sp³-hybridized carbons (Fsp3) is 0.0400. The number of rotatable bonds is 6. The second-order valence-electron chi connectivity index (χ2n) is 7.24. The van der Waals surface area contributed by atoms with Crippen molar-refractivity contribution in [1.29, 1.82) is 5.26 Å². The molecule has 2 N–H and O–H groups in total. The van der Waals surface area contributed by atoms with Crippen molar-refractivity contribution in [2.75, 3.05) is 10.0 Å². The minimum absolute atomic E-state index is 0.0733. The molecule has 1 amide bonds. The Kier molecular flexibility index (Phi) is 5.98. The van der Waals surface area contributed by atoms with Gasteiger partial charge in [-0.3, -0.25) is 9.52 Å². The number of fused-ring (bicyclic) bond motifs is 1. The zero-order chi connectivity index (χ0) is 23.4. The number of nitrogens with zero attached hydrogens (tertiary/aromatic N) is 1. The Morgan fingerprint density at radius 2 is 1.58 bits per heavy atom. The molecule has 7 nitrogen and oxygen atoms in total. The molecule has 0 bridgehead atoms. The third-order valence-electron chi connectivity index (χ3n) is 4.79. The van der Waals surface area contributed by atoms with Crippen molar-refractivity contribution in [2.45, 2.75) is 11.8 Å². The van der Waals surface area contributed by atoms with Crippen LogP contribution in [0.1, 0.15) is 12.5 Å². The lowest BCUT2D eigenvalue weighted by Crippen LogP contribution is -2.13. The summed E-state index contributed by atoms with van der Waals surface area (Å²) in [6.45, 7) is 1.39. The van der Waals surface area contributed by atoms with Gasteiger partial charge in [-0.1, -0.05) is 30.3 Å². The largest absolute Gasteiger partial charge is 0.456 e. The summed E-state index contributed by atoms with van der Waals surface area (Å²) in [5, 5.41) is 14.2. The molecule has 0 aromatic heterocycles. The van der Waals surface area contributed by atoms with Crippen LogP contribution in [-0.2, 0) is 14.8 Å². The molecular weight excluding hydrogens is 438 g/mol. The highest BCUT2D eigenvalue weighted by atomic mass is 32.2. The Balaban J connectivity index is 1.56. The van der Waals surface area contributed by atoms with E-state index in [1.807, 2.05) is 42.5 Å². The quantitative estimate of drug-likeness (QED) is 0.410. The van der Waals surface area contributed by atoms with E-state index in [2.05, 4.69) is 10.0 Å². The Hall–Kier alpha value is -4.35. The molecule has 0 aliphatic heterocycles. The van der Waals surface area contributed by atoms with Crippen molar-refractivity contribution < 1.29 is 17.9 Å². The average Bonchev–Trinajstić information content (AvgIpc) is 2.80. The first-order chi connectivity index (χ1) is 15.8. The van der Waals surface area contributed by atoms with Crippen LogP contribution in [0.5, 0.6) is 11.5 Å². The molecule has 0 saturated heterocycles. The van der Waals surface area contributed by atoms with Crippen LogP contribution in [0.15, 0.2) is 89.8 Å². The Labute approximate surface area is 191 Å². The number of anilines is 2. The van der Waals surface area contributed by atoms with Crippen LogP contribution in [0.3, 0.4) is 0 Å². The van der Waals surface area contributed by atoms with Crippen molar-refractivity contribution in [3.63, 3.8) is 0 Å². The van der Waals surface area contributed by atoms with Gasteiger partial charge in [-0.15, -0.1) is 0 Å². The zero-order valence-corrected chi connectivity index (χ0v) is 18.4. The third-order valence-corrected chi connectivity index (χ3v) is 6.17. The van der Waals surface area contributed by atoms with Crippen molar-refractivity contribution in [1.82, 2.24) is 0 Å². The number of nitriles is 1. The molecule has 164 valence electrons. The number of ether oxygens (including phenoxy) is 1. The summed E-state index contributed by atoms with van der Waals surface area (Å²) in [5.74, 6) is 0.572. The minimum atomic E-state index is -3.94. The van der Waals surface area contributed by atoms with Crippen molar-refractivity contribution in [3.8, 4) is 17.6 Å². The van der Waals surface area contributed by atoms with Crippen LogP contribution in [0, 0.1) is 11.3 Å². The zero-order valence-electron chi connectivity index (χ0n) is 17.6. The number of sulfonamides is 1. The predicted molar refractivity (Wildman–Crippen MR) is 127 cm³/mol. The van der Waals surface area contributed by atoms with Crippen LogP contribution in [0.2, 0.25) is 0 Å². The molecule has 0 saturated carbocycles. The molecular formula is C25H19N3O4S. The number of carbonyl (C=O) groups is 1. The van der Waals surface area contributed by atoms with E-state index >= 15 is 0 Å². The SMILES string of the molecule is CC(=O)Nc1ccc(NS(=O)(=O)c2ccc(Oc3ccc4ccccc4c3)c(C#N)c2)cc1. The monoisotopic (exact) mass is 457 g/mol. The van der Waals surface area contributed by atoms with Gasteiger partial charge < -0.3 is 10.1 Å². The van der Waals surface area contributed by atoms with E-state index in [1.54, 1.807) is 18.2 Å². The molecule has 4 aromatic carbocycles. The van der Waals surface area contributed by atoms with Gasteiger partial charge >= 0.3 is 0 Å². The highest BCUT2D eigenvalue weighted by molar-refractivity contribution is 7.92. The second kappa shape index (κ2) is 9.02. The van der Waals surface area contributed by atoms with Gasteiger partial charge in [0.15, 0.2) is 0 Å². The van der Waals surface area contributed by atoms with E-state index in [9.17, 15) is 18.5 Å². The highest BCUT2D eigenvalue weighted by Crippen LogP contribution is 2.30. The number of hydrogen-bond acceptors (Lipinski definition) is 5. The van der Waals surface area contributed by atoms with Gasteiger partial charge in [-0.05, 0) is 65.4 Å². The molecule has 0 unspecified atom stereocenters. The molecule has 0 fully saturated rings. The lowest BCUT2D eigenvalue weighted by atomic mass is 10.1. The van der Waals surface area contributed by atoms with Crippen LogP contribution in [0.25, 0.3) is 10.8 Å². The average molecular weight is 458 g/mol. The van der Waals surface area contributed by atoms with Gasteiger partial charge in [0.1, 0.15) is 17.6 Å². The van der Waals surface area contributed by atoms with E-state index in [0.29, 0.717) is 17.1 Å². The summed E-state index contributed by atoms with van der Waals surface area (Å²) in [7, 11) is -3.94. The number of hydrogen-bond donors (Lipinski definition) is 2. The molecule has 0 aliphatic rings. The van der Waals surface area contributed by atoms with E-state index in [-0.39, 0.29) is 22.1 Å². The smallest absolute Gasteiger partial charge is 0.261 e. The maximum absolute atomic E-state index is 12.8. The van der Waals surface area contributed by atoms with Gasteiger partial charge in [-0.2, -0.15) is 5.26 Å². The number of amides is 1. The Bertz CT molecular complexity index is 1490. The standard InChI is InChI=1S/C25H19N3O4S/c1-17(29)27-21-7-9-22(10-8-21)28-33(30,31)24-12-13-25(20(15-24)16-26)32-23-11-6-18-4-2-3-5-19(18)14-23/h2-15,28H,1H3,(H,27,29). The molecule has 0 spiro atoms. The summed E-state index contributed by atoms with van der Waals surface area (Å²) in [6.07, 6.45) is 0. The van der Waals surface area contributed by atoms with Crippen LogP contribution in [0.4, 0.5) is 11.4 Å². The van der Waals surface area contributed by atoms with Gasteiger partial charge in [-0.25, -0.2) is 8.42 Å². The van der Waals surface area contributed by atoms with E-state index in [1.165, 1.54) is 37.3 Å². The number of benzene rings is 4. The summed E-state index contributed by atoms with van der Waals surface area (Å²) in [4.78, 5) is 11.0. The lowest BCUT2D eigenvalue weighted by Gasteiger charge is -2.12. The maximum Gasteiger partial charge on any atom is 0.261 e. The van der Waals surface area contributed by atoms with E-state index in [0.717, 1.165) is 10.8 Å². The van der Waals surface area contributed by atoms with E-state index in [4.69, 9.17) is 4.74 Å². The van der Waals surface area contributed by atoms with Crippen LogP contribution in [-0.4, -0.2) is 14.3 Å². The molecule has 4 rings (SSSR count). The van der Waals surface area contributed by atoms with Gasteiger partial charge in [0, 0.05) is 18.3 Å². The topological polar surface area (TPSA) is 108 Å². The van der Waals surface area contributed by atoms with Crippen molar-refractivity contribution >= 4 is 38.1 Å². The third kappa shape index (κ3) is 5.11. The first-order valence-electron chi connectivity index (χ1n) is 9.95. The first kappa shape index (κ1) is 21.9. The molecule has 0 radical (unpaired) electrons. The normalized spacial score (nSPS) is 10.9. The highest BCUT2D eigenvalue weighted by Gasteiger charge is 2.17. The lowest BCUT2D eigenvalue weighted by molar-refractivity contribution is -0.114. The summed E-state index contributed by atoms with van der Waals surface area (Å²) < 4.78 is 34.0. The number of carbonyl (C=O) groups excluding carboxylic acids is 1. The summed E-state index contributed by atoms with van der Waals surface area (Å²) in [6, 6.07) is 25.7. The van der Waals surface area contributed by atoms with E-state index < -0.39 is 10.0 Å². The number of nitrogens with one attached hydrogen (secondary N) is 2. The fourth-order valence-corrected chi connectivity index (χ4v) is 4.33. The molecule has 0 aliphatic carbocycles. The van der Waals surface area contributed by atoms with Crippen molar-refractivity contribution in [3.05, 3.63) is 90.5 Å². The maximum atomic E-state index is 12.8. The molecule has 4 aromatic rings. The summed E-state index contributed by atoms with van der Waals surface area (Å²) >= 11 is 0. The molecule has 8 heteroatoms. The van der Waals surface area contributed by atoms with Crippen LogP contribution >= 0.6 is 0 Å². The van der Waals surface area contributed by atoms with Gasteiger partial charge in [0.25, 0.3) is 10.0 Å². The van der Waals surface area contributed by atoms with Crippen molar-refractivity contribution in [2.24, 2.45) is 0 Å². The molecule has 0 heterocycles. The fourth-order valence-electron chi connectivity index (χ4n) is 3.25. The second-order valence-corrected chi connectivity index (χ2v) is 8.93. The first-order valence-corrected chi connectivity index (χ1v) is 11.4. The molecule has 0 atom stereocenters. The predicted octanol–water partition coefficient (Wildman–Crippen LogP) is 5.26.